The number of benzene rings is 1. The van der Waals surface area contributed by atoms with Gasteiger partial charge in [0.2, 0.25) is 5.91 Å². The molecule has 0 aliphatic carbocycles. The number of amides is 2. The molecule has 0 radical (unpaired) electrons. The largest absolute Gasteiger partial charge is 0.453 e. The average Bonchev–Trinajstić information content (AvgIpc) is 2.42. The molecule has 2 amide bonds. The molecule has 0 aliphatic rings. The van der Waals surface area contributed by atoms with Crippen LogP contribution in [0.3, 0.4) is 0 Å². The Bertz CT molecular complexity index is 379. The molecule has 0 spiro atoms. The molecule has 1 rings (SSSR count). The van der Waals surface area contributed by atoms with Crippen molar-refractivity contribution >= 4 is 12.0 Å². The van der Waals surface area contributed by atoms with Crippen LogP contribution in [-0.2, 0) is 16.0 Å². The van der Waals surface area contributed by atoms with E-state index >= 15 is 0 Å². The van der Waals surface area contributed by atoms with Crippen molar-refractivity contribution in [2.24, 2.45) is 0 Å². The molecule has 98 valence electrons. The summed E-state index contributed by atoms with van der Waals surface area (Å²) in [6.07, 6.45) is 0.674. The van der Waals surface area contributed by atoms with Gasteiger partial charge in [0, 0.05) is 19.5 Å². The Morgan fingerprint density at radius 1 is 1.11 bits per heavy atom. The highest BCUT2D eigenvalue weighted by Gasteiger charge is 2.02. The molecule has 0 fully saturated rings. The van der Waals surface area contributed by atoms with Crippen LogP contribution >= 0.6 is 0 Å². The minimum absolute atomic E-state index is 0.0227. The monoisotopic (exact) mass is 250 g/mol. The van der Waals surface area contributed by atoms with Crippen LogP contribution in [0.25, 0.3) is 0 Å². The number of methoxy groups -OCH3 is 1. The topological polar surface area (TPSA) is 67.4 Å². The third-order valence-electron chi connectivity index (χ3n) is 2.39. The Morgan fingerprint density at radius 3 is 2.44 bits per heavy atom. The number of aryl methyl sites for hydroxylation is 1. The van der Waals surface area contributed by atoms with Crippen molar-refractivity contribution in [1.82, 2.24) is 10.6 Å². The van der Waals surface area contributed by atoms with E-state index in [1.165, 1.54) is 7.11 Å². The zero-order valence-electron chi connectivity index (χ0n) is 10.4. The molecule has 0 aromatic heterocycles. The second kappa shape index (κ2) is 8.11. The van der Waals surface area contributed by atoms with Crippen LogP contribution in [-0.4, -0.2) is 32.2 Å². The van der Waals surface area contributed by atoms with E-state index in [1.54, 1.807) is 0 Å². The Labute approximate surface area is 107 Å². The minimum Gasteiger partial charge on any atom is -0.453 e. The van der Waals surface area contributed by atoms with Crippen LogP contribution < -0.4 is 10.6 Å². The standard InChI is InChI=1S/C13H18N2O3/c1-18-13(17)15-10-9-14-12(16)8-7-11-5-3-2-4-6-11/h2-6H,7-10H2,1H3,(H,14,16)(H,15,17). The van der Waals surface area contributed by atoms with E-state index in [4.69, 9.17) is 0 Å². The summed E-state index contributed by atoms with van der Waals surface area (Å²) in [7, 11) is 1.30. The molecule has 0 atom stereocenters. The van der Waals surface area contributed by atoms with Gasteiger partial charge in [-0.1, -0.05) is 30.3 Å². The number of nitrogens with one attached hydrogen (secondary N) is 2. The predicted molar refractivity (Wildman–Crippen MR) is 68.2 cm³/mol. The number of alkyl carbamates (subject to hydrolysis) is 1. The molecule has 1 aromatic carbocycles. The molecule has 0 saturated heterocycles. The number of rotatable bonds is 6. The van der Waals surface area contributed by atoms with Crippen molar-refractivity contribution in [3.8, 4) is 0 Å². The SMILES string of the molecule is COC(=O)NCCNC(=O)CCc1ccccc1. The van der Waals surface area contributed by atoms with E-state index < -0.39 is 6.09 Å². The molecular weight excluding hydrogens is 232 g/mol. The molecule has 0 saturated carbocycles. The van der Waals surface area contributed by atoms with Crippen LogP contribution in [0.5, 0.6) is 0 Å². The highest BCUT2D eigenvalue weighted by Crippen LogP contribution is 2.01. The van der Waals surface area contributed by atoms with E-state index in [-0.39, 0.29) is 5.91 Å². The molecule has 0 aliphatic heterocycles. The maximum atomic E-state index is 11.5. The van der Waals surface area contributed by atoms with Gasteiger partial charge in [0.25, 0.3) is 0 Å². The fourth-order valence-electron chi connectivity index (χ4n) is 1.43. The average molecular weight is 250 g/mol. The molecule has 0 heterocycles. The van der Waals surface area contributed by atoms with Crippen molar-refractivity contribution < 1.29 is 14.3 Å². The molecule has 5 nitrogen and oxygen atoms in total. The third kappa shape index (κ3) is 5.89. The summed E-state index contributed by atoms with van der Waals surface area (Å²) in [4.78, 5) is 22.2. The highest BCUT2D eigenvalue weighted by molar-refractivity contribution is 5.76. The lowest BCUT2D eigenvalue weighted by atomic mass is 10.1. The van der Waals surface area contributed by atoms with Crippen molar-refractivity contribution in [3.05, 3.63) is 35.9 Å². The van der Waals surface area contributed by atoms with E-state index in [0.29, 0.717) is 19.5 Å². The summed E-state index contributed by atoms with van der Waals surface area (Å²) in [5.74, 6) is -0.0227. The van der Waals surface area contributed by atoms with Crippen LogP contribution in [0.4, 0.5) is 4.79 Å². The molecule has 0 bridgehead atoms. The van der Waals surface area contributed by atoms with E-state index in [2.05, 4.69) is 15.4 Å². The maximum absolute atomic E-state index is 11.5. The van der Waals surface area contributed by atoms with Crippen LogP contribution in [0.15, 0.2) is 30.3 Å². The van der Waals surface area contributed by atoms with Crippen molar-refractivity contribution in [3.63, 3.8) is 0 Å². The van der Waals surface area contributed by atoms with Gasteiger partial charge < -0.3 is 15.4 Å². The van der Waals surface area contributed by atoms with Gasteiger partial charge in [-0.2, -0.15) is 0 Å². The summed E-state index contributed by atoms with van der Waals surface area (Å²) in [5, 5.41) is 5.21. The van der Waals surface area contributed by atoms with E-state index in [9.17, 15) is 9.59 Å². The number of hydrogen-bond acceptors (Lipinski definition) is 3. The van der Waals surface area contributed by atoms with Gasteiger partial charge in [0.1, 0.15) is 0 Å². The van der Waals surface area contributed by atoms with Gasteiger partial charge in [-0.3, -0.25) is 4.79 Å². The van der Waals surface area contributed by atoms with Gasteiger partial charge in [-0.05, 0) is 12.0 Å². The normalized spacial score (nSPS) is 9.61. The summed E-state index contributed by atoms with van der Waals surface area (Å²) in [6.45, 7) is 0.770. The number of ether oxygens (including phenoxy) is 1. The quantitative estimate of drug-likeness (QED) is 0.743. The number of carbonyl (C=O) groups excluding carboxylic acids is 2. The number of hydrogen-bond donors (Lipinski definition) is 2. The van der Waals surface area contributed by atoms with Gasteiger partial charge in [0.15, 0.2) is 0 Å². The predicted octanol–water partition coefficient (Wildman–Crippen LogP) is 1.09. The smallest absolute Gasteiger partial charge is 0.406 e. The van der Waals surface area contributed by atoms with Crippen molar-refractivity contribution in [2.75, 3.05) is 20.2 Å². The lowest BCUT2D eigenvalue weighted by Gasteiger charge is -2.06. The summed E-state index contributed by atoms with van der Waals surface area (Å²) in [5.41, 5.74) is 1.14. The first-order chi connectivity index (χ1) is 8.72. The Morgan fingerprint density at radius 2 is 1.78 bits per heavy atom. The molecule has 5 heteroatoms. The third-order valence-corrected chi connectivity index (χ3v) is 2.39. The Kier molecular flexibility index (Phi) is 6.32. The minimum atomic E-state index is -0.492. The second-order valence-corrected chi connectivity index (χ2v) is 3.75. The van der Waals surface area contributed by atoms with Crippen molar-refractivity contribution in [1.29, 1.82) is 0 Å². The van der Waals surface area contributed by atoms with Gasteiger partial charge >= 0.3 is 6.09 Å². The van der Waals surface area contributed by atoms with Gasteiger partial charge in [0.05, 0.1) is 7.11 Å². The molecule has 1 aromatic rings. The zero-order chi connectivity index (χ0) is 13.2. The Balaban J connectivity index is 2.09. The fraction of sp³-hybridized carbons (Fsp3) is 0.385. The fourth-order valence-corrected chi connectivity index (χ4v) is 1.43. The highest BCUT2D eigenvalue weighted by atomic mass is 16.5. The van der Waals surface area contributed by atoms with Crippen LogP contribution in [0.2, 0.25) is 0 Å². The molecule has 2 N–H and O–H groups in total. The lowest BCUT2D eigenvalue weighted by molar-refractivity contribution is -0.121. The summed E-state index contributed by atoms with van der Waals surface area (Å²) in [6, 6.07) is 9.83. The van der Waals surface area contributed by atoms with Gasteiger partial charge in [-0.15, -0.1) is 0 Å². The van der Waals surface area contributed by atoms with Gasteiger partial charge in [-0.25, -0.2) is 4.79 Å². The van der Waals surface area contributed by atoms with Crippen LogP contribution in [0, 0.1) is 0 Å². The van der Waals surface area contributed by atoms with E-state index in [0.717, 1.165) is 12.0 Å². The number of carbonyl (C=O) groups is 2. The van der Waals surface area contributed by atoms with E-state index in [1.807, 2.05) is 30.3 Å². The molecule has 0 unspecified atom stereocenters. The van der Waals surface area contributed by atoms with Crippen LogP contribution in [0.1, 0.15) is 12.0 Å². The molecule has 18 heavy (non-hydrogen) atoms. The Hall–Kier alpha value is -2.04. The summed E-state index contributed by atoms with van der Waals surface area (Å²) < 4.78 is 4.40. The first-order valence-electron chi connectivity index (χ1n) is 5.85. The van der Waals surface area contributed by atoms with Crippen molar-refractivity contribution in [2.45, 2.75) is 12.8 Å². The lowest BCUT2D eigenvalue weighted by Crippen LogP contribution is -2.34. The maximum Gasteiger partial charge on any atom is 0.406 e. The second-order valence-electron chi connectivity index (χ2n) is 3.75. The first kappa shape index (κ1) is 14.0. The zero-order valence-corrected chi connectivity index (χ0v) is 10.4. The molecular formula is C13H18N2O3. The first-order valence-corrected chi connectivity index (χ1v) is 5.85. The summed E-state index contributed by atoms with van der Waals surface area (Å²) >= 11 is 0.